The maximum atomic E-state index is 11.8. The van der Waals surface area contributed by atoms with Gasteiger partial charge in [-0.25, -0.2) is 0 Å². The first-order valence-electron chi connectivity index (χ1n) is 14.8. The molecule has 0 heterocycles. The summed E-state index contributed by atoms with van der Waals surface area (Å²) in [6.45, 7) is 4.58. The second-order valence-corrected chi connectivity index (χ2v) is 14.0. The summed E-state index contributed by atoms with van der Waals surface area (Å²) in [4.78, 5) is 23.6. The third kappa shape index (κ3) is 14.7. The number of carbonyl (C=O) groups excluding carboxylic acids is 2. The first-order valence-corrected chi connectivity index (χ1v) is 18.8. The molecule has 0 fully saturated rings. The first kappa shape index (κ1) is 35.3. The molecule has 0 atom stereocenters. The number of rotatable bonds is 12. The molecule has 4 rings (SSSR count). The Morgan fingerprint density at radius 2 is 0.791 bits per heavy atom. The summed E-state index contributed by atoms with van der Waals surface area (Å²) in [5, 5.41) is 19.6. The number of allylic oxidation sites excluding steroid dienone is 2. The first-order chi connectivity index (χ1) is 21.0. The molecule has 2 N–H and O–H groups in total. The van der Waals surface area contributed by atoms with Crippen molar-refractivity contribution in [1.82, 2.24) is 0 Å². The van der Waals surface area contributed by atoms with E-state index in [-0.39, 0.29) is 44.2 Å². The van der Waals surface area contributed by atoms with Gasteiger partial charge in [0.2, 0.25) is 0 Å². The van der Waals surface area contributed by atoms with Crippen LogP contribution in [0.25, 0.3) is 11.5 Å². The second kappa shape index (κ2) is 21.8. The van der Waals surface area contributed by atoms with Gasteiger partial charge in [-0.05, 0) is 0 Å². The second-order valence-electron chi connectivity index (χ2n) is 9.71. The average molecular weight is 681 g/mol. The molecule has 0 aromatic heterocycles. The van der Waals surface area contributed by atoms with E-state index in [1.807, 2.05) is 48.5 Å². The monoisotopic (exact) mass is 682 g/mol. The van der Waals surface area contributed by atoms with Crippen molar-refractivity contribution in [2.45, 2.75) is 48.4 Å². The van der Waals surface area contributed by atoms with Crippen LogP contribution >= 0.6 is 0 Å². The van der Waals surface area contributed by atoms with Gasteiger partial charge < -0.3 is 10.2 Å². The molecule has 0 saturated carbocycles. The predicted molar refractivity (Wildman–Crippen MR) is 181 cm³/mol. The molecule has 4 aromatic carbocycles. The topological polar surface area (TPSA) is 74.6 Å². The van der Waals surface area contributed by atoms with Gasteiger partial charge in [0.1, 0.15) is 11.5 Å². The van der Waals surface area contributed by atoms with Gasteiger partial charge in [0.25, 0.3) is 0 Å². The van der Waals surface area contributed by atoms with Crippen LogP contribution in [0.4, 0.5) is 0 Å². The minimum atomic E-state index is -0.202. The van der Waals surface area contributed by atoms with E-state index in [0.29, 0.717) is 22.3 Å². The number of benzene rings is 4. The molecule has 0 aliphatic heterocycles. The maximum Gasteiger partial charge on any atom is 0.189 e. The maximum absolute atomic E-state index is 11.8. The molecule has 0 unspecified atom stereocenters. The Morgan fingerprint density at radius 1 is 0.512 bits per heavy atom. The summed E-state index contributed by atoms with van der Waals surface area (Å²) < 4.78 is 3.25. The number of unbranched alkanes of at least 4 members (excludes halogenated alkanes) is 2. The molecule has 4 nitrogen and oxygen atoms in total. The van der Waals surface area contributed by atoms with Crippen molar-refractivity contribution in [2.24, 2.45) is 0 Å². The summed E-state index contributed by atoms with van der Waals surface area (Å²) in [6.07, 6.45) is 8.32. The minimum absolute atomic E-state index is 0.0144. The van der Waals surface area contributed by atoms with Gasteiger partial charge in [-0.3, -0.25) is 9.59 Å². The van der Waals surface area contributed by atoms with Crippen LogP contribution in [0.15, 0.2) is 133 Å². The zero-order chi connectivity index (χ0) is 31.1. The zero-order valence-corrected chi connectivity index (χ0v) is 28.0. The van der Waals surface area contributed by atoms with Crippen LogP contribution in [0.3, 0.4) is 0 Å². The molecule has 5 heteroatoms. The Labute approximate surface area is 267 Å². The summed E-state index contributed by atoms with van der Waals surface area (Å²) in [5.41, 5.74) is 2.40. The van der Waals surface area contributed by atoms with Crippen molar-refractivity contribution in [1.29, 1.82) is 0 Å². The normalized spacial score (nSPS) is 10.9. The summed E-state index contributed by atoms with van der Waals surface area (Å²) in [5.74, 6) is -0.433. The largest absolute Gasteiger partial charge is 0.507 e. The van der Waals surface area contributed by atoms with E-state index in [1.165, 1.54) is 37.8 Å². The van der Waals surface area contributed by atoms with E-state index in [0.717, 1.165) is 0 Å². The molecule has 2 radical (unpaired) electrons. The van der Waals surface area contributed by atoms with Gasteiger partial charge in [0, 0.05) is 34.4 Å². The third-order valence-electron chi connectivity index (χ3n) is 6.21. The van der Waals surface area contributed by atoms with Gasteiger partial charge in [-0.2, -0.15) is 0 Å². The van der Waals surface area contributed by atoms with E-state index in [9.17, 15) is 19.8 Å². The average Bonchev–Trinajstić information content (AvgIpc) is 3.07. The quantitative estimate of drug-likeness (QED) is 0.0513. The van der Waals surface area contributed by atoms with Crippen LogP contribution in [-0.4, -0.2) is 42.9 Å². The van der Waals surface area contributed by atoms with Crippen LogP contribution in [0, 0.1) is 0 Å². The molecule has 4 aromatic rings. The SMILES string of the molecule is CCC[CH2][Sn][CH2]CCC.O=C(/C=C(\O)c1ccccc1)c1ccccc1.O=C(/C=C(\O)c1ccccc1)c1ccccc1. The molecule has 0 spiro atoms. The number of aliphatic hydroxyl groups excluding tert-OH is 2. The predicted octanol–water partition coefficient (Wildman–Crippen LogP) is 10.1. The van der Waals surface area contributed by atoms with Crippen LogP contribution in [0.2, 0.25) is 8.87 Å². The van der Waals surface area contributed by atoms with Crippen molar-refractivity contribution >= 4 is 44.2 Å². The van der Waals surface area contributed by atoms with Crippen molar-refractivity contribution in [3.63, 3.8) is 0 Å². The molecule has 43 heavy (non-hydrogen) atoms. The molecular weight excluding hydrogens is 639 g/mol. The molecule has 0 aliphatic carbocycles. The molecule has 0 amide bonds. The number of hydrogen-bond acceptors (Lipinski definition) is 4. The van der Waals surface area contributed by atoms with E-state index in [2.05, 4.69) is 13.8 Å². The number of aliphatic hydroxyl groups is 2. The summed E-state index contributed by atoms with van der Waals surface area (Å²) in [7, 11) is 0. The van der Waals surface area contributed by atoms with Crippen molar-refractivity contribution in [3.05, 3.63) is 156 Å². The smallest absolute Gasteiger partial charge is 0.189 e. The number of carbonyl (C=O) groups is 2. The van der Waals surface area contributed by atoms with Crippen molar-refractivity contribution in [2.75, 3.05) is 0 Å². The number of ketones is 2. The summed E-state index contributed by atoms with van der Waals surface area (Å²) in [6, 6.07) is 35.7. The van der Waals surface area contributed by atoms with Crippen LogP contribution < -0.4 is 0 Å². The molecular formula is C38H42O4Sn. The van der Waals surface area contributed by atoms with Gasteiger partial charge in [0.15, 0.2) is 11.6 Å². The van der Waals surface area contributed by atoms with Gasteiger partial charge in [0.05, 0.1) is 0 Å². The molecule has 0 saturated heterocycles. The number of hydrogen-bond donors (Lipinski definition) is 2. The van der Waals surface area contributed by atoms with E-state index < -0.39 is 0 Å². The zero-order valence-electron chi connectivity index (χ0n) is 25.2. The Hall–Kier alpha value is -3.90. The third-order valence-corrected chi connectivity index (χ3v) is 10.2. The van der Waals surface area contributed by atoms with Gasteiger partial charge in [-0.15, -0.1) is 0 Å². The Balaban J connectivity index is 0.000000238. The van der Waals surface area contributed by atoms with Crippen molar-refractivity contribution < 1.29 is 19.8 Å². The Bertz CT molecular complexity index is 1270. The van der Waals surface area contributed by atoms with Gasteiger partial charge >= 0.3 is 69.5 Å². The molecule has 0 bridgehead atoms. The van der Waals surface area contributed by atoms with Crippen molar-refractivity contribution in [3.8, 4) is 0 Å². The van der Waals surface area contributed by atoms with Crippen LogP contribution in [0.5, 0.6) is 0 Å². The minimum Gasteiger partial charge on any atom is -0.507 e. The fraction of sp³-hybridized carbons (Fsp3) is 0.211. The Morgan fingerprint density at radius 3 is 1.07 bits per heavy atom. The fourth-order valence-electron chi connectivity index (χ4n) is 3.73. The van der Waals surface area contributed by atoms with E-state index >= 15 is 0 Å². The Kier molecular flexibility index (Phi) is 17.9. The fourth-order valence-corrected chi connectivity index (χ4v) is 7.89. The van der Waals surface area contributed by atoms with E-state index in [1.54, 1.807) is 81.7 Å². The molecule has 222 valence electrons. The van der Waals surface area contributed by atoms with Crippen LogP contribution in [-0.2, 0) is 0 Å². The standard InChI is InChI=1S/2C15H12O2.2C4H9.Sn/c2*16-14(12-7-3-1-4-8-12)11-15(17)13-9-5-2-6-10-13;2*1-3-4-2;/h2*1-11,16H;2*1,3-4H2,2H3;/b2*14-11-;;;. The summed E-state index contributed by atoms with van der Waals surface area (Å²) >= 11 is 0.149. The molecule has 0 aliphatic rings. The van der Waals surface area contributed by atoms with E-state index in [4.69, 9.17) is 0 Å². The van der Waals surface area contributed by atoms with Gasteiger partial charge in [-0.1, -0.05) is 121 Å². The van der Waals surface area contributed by atoms with Crippen LogP contribution in [0.1, 0.15) is 71.4 Å².